The van der Waals surface area contributed by atoms with Gasteiger partial charge in [0.1, 0.15) is 5.56 Å². The minimum Gasteiger partial charge on any atom is -0.488 e. The van der Waals surface area contributed by atoms with Crippen molar-refractivity contribution in [2.45, 2.75) is 58.9 Å². The van der Waals surface area contributed by atoms with Crippen molar-refractivity contribution in [3.05, 3.63) is 38.7 Å². The third-order valence-electron chi connectivity index (χ3n) is 5.05. The molecule has 28 heavy (non-hydrogen) atoms. The first-order valence-electron chi connectivity index (χ1n) is 9.57. The summed E-state index contributed by atoms with van der Waals surface area (Å²) in [4.78, 5) is 29.9. The van der Waals surface area contributed by atoms with Crippen LogP contribution >= 0.6 is 0 Å². The summed E-state index contributed by atoms with van der Waals surface area (Å²) in [5.41, 5.74) is -0.417. The Morgan fingerprint density at radius 3 is 2.36 bits per heavy atom. The highest BCUT2D eigenvalue weighted by atomic mass is 19.2. The van der Waals surface area contributed by atoms with Crippen molar-refractivity contribution in [3.63, 3.8) is 0 Å². The average molecular weight is 394 g/mol. The third kappa shape index (κ3) is 3.05. The summed E-state index contributed by atoms with van der Waals surface area (Å²) in [6.07, 6.45) is 2.59. The fourth-order valence-electron chi connectivity index (χ4n) is 3.71. The van der Waals surface area contributed by atoms with Gasteiger partial charge in [-0.25, -0.2) is 9.18 Å². The lowest BCUT2D eigenvalue weighted by molar-refractivity contribution is 0.0499. The quantitative estimate of drug-likeness (QED) is 0.726. The molecule has 0 atom stereocenters. The van der Waals surface area contributed by atoms with Crippen LogP contribution < -0.4 is 16.1 Å². The molecule has 1 fully saturated rings. The van der Waals surface area contributed by atoms with E-state index in [1.165, 1.54) is 0 Å². The molecule has 1 saturated carbocycles. The van der Waals surface area contributed by atoms with Crippen molar-refractivity contribution >= 4 is 16.9 Å². The van der Waals surface area contributed by atoms with Crippen molar-refractivity contribution < 1.29 is 23.1 Å². The molecular formula is C20H24F2N2O4. The van der Waals surface area contributed by atoms with Crippen LogP contribution in [-0.4, -0.2) is 17.1 Å². The van der Waals surface area contributed by atoms with E-state index in [9.17, 15) is 18.4 Å². The first-order chi connectivity index (χ1) is 13.4. The predicted octanol–water partition coefficient (Wildman–Crippen LogP) is 3.56. The largest absolute Gasteiger partial charge is 0.488 e. The molecule has 1 aliphatic rings. The van der Waals surface area contributed by atoms with E-state index in [0.717, 1.165) is 12.8 Å². The van der Waals surface area contributed by atoms with E-state index in [2.05, 4.69) is 4.84 Å². The van der Waals surface area contributed by atoms with Gasteiger partial charge in [-0.3, -0.25) is 4.79 Å². The fraction of sp³-hybridized carbons (Fsp3) is 0.500. The smallest absolute Gasteiger partial charge is 0.362 e. The molecule has 3 rings (SSSR count). The van der Waals surface area contributed by atoms with E-state index in [1.807, 2.05) is 6.92 Å². The number of nitrogens with zero attached hydrogens (tertiary/aromatic N) is 1. The Hall–Kier alpha value is -2.48. The van der Waals surface area contributed by atoms with E-state index >= 15 is 0 Å². The van der Waals surface area contributed by atoms with Crippen LogP contribution in [0, 0.1) is 11.6 Å². The van der Waals surface area contributed by atoms with Crippen molar-refractivity contribution in [1.29, 1.82) is 0 Å². The minimum absolute atomic E-state index is 0.0269. The maximum absolute atomic E-state index is 14.9. The molecule has 0 aliphatic heterocycles. The van der Waals surface area contributed by atoms with Gasteiger partial charge in [0.25, 0.3) is 0 Å². The van der Waals surface area contributed by atoms with Gasteiger partial charge in [-0.05, 0) is 32.1 Å². The number of aromatic nitrogens is 1. The summed E-state index contributed by atoms with van der Waals surface area (Å²) >= 11 is 0. The molecule has 1 aromatic carbocycles. The van der Waals surface area contributed by atoms with Crippen LogP contribution in [0.2, 0.25) is 0 Å². The number of rotatable bonds is 7. The second-order valence-electron chi connectivity index (χ2n) is 6.87. The normalized spacial score (nSPS) is 13.8. The van der Waals surface area contributed by atoms with Gasteiger partial charge in [-0.2, -0.15) is 10.3 Å². The molecule has 1 aliphatic carbocycles. The van der Waals surface area contributed by atoms with Gasteiger partial charge in [0, 0.05) is 17.3 Å². The predicted molar refractivity (Wildman–Crippen MR) is 101 cm³/mol. The Kier molecular flexibility index (Phi) is 5.69. The number of hydrogen-bond donors (Lipinski definition) is 1. The average Bonchev–Trinajstić information content (AvgIpc) is 3.53. The van der Waals surface area contributed by atoms with E-state index in [4.69, 9.17) is 10.6 Å². The summed E-state index contributed by atoms with van der Waals surface area (Å²) in [7, 11) is 0. The zero-order valence-electron chi connectivity index (χ0n) is 16.2. The number of nitrogens with two attached hydrogens (primary N) is 1. The van der Waals surface area contributed by atoms with E-state index in [1.54, 1.807) is 18.4 Å². The summed E-state index contributed by atoms with van der Waals surface area (Å²) < 4.78 is 37.0. The van der Waals surface area contributed by atoms with Crippen LogP contribution in [0.15, 0.2) is 4.79 Å². The second-order valence-corrected chi connectivity index (χ2v) is 6.87. The summed E-state index contributed by atoms with van der Waals surface area (Å²) in [5.74, 6) is 1.54. The molecule has 1 heterocycles. The maximum atomic E-state index is 14.9. The van der Waals surface area contributed by atoms with Crippen LogP contribution in [0.5, 0.6) is 5.75 Å². The molecule has 0 amide bonds. The summed E-state index contributed by atoms with van der Waals surface area (Å²) in [6, 6.07) is -0.0269. The molecule has 0 saturated heterocycles. The van der Waals surface area contributed by atoms with Gasteiger partial charge in [0.15, 0.2) is 11.6 Å². The highest BCUT2D eigenvalue weighted by Crippen LogP contribution is 2.43. The molecule has 2 N–H and O–H groups in total. The Morgan fingerprint density at radius 1 is 1.18 bits per heavy atom. The Labute approximate surface area is 161 Å². The van der Waals surface area contributed by atoms with Crippen molar-refractivity contribution in [1.82, 2.24) is 4.57 Å². The first kappa shape index (κ1) is 20.3. The fourth-order valence-corrected chi connectivity index (χ4v) is 3.71. The summed E-state index contributed by atoms with van der Waals surface area (Å²) in [6.45, 7) is 5.42. The number of carbonyl (C=O) groups excluding carboxylic acids is 1. The first-order valence-corrected chi connectivity index (χ1v) is 9.57. The molecule has 0 unspecified atom stereocenters. The van der Waals surface area contributed by atoms with Crippen molar-refractivity contribution in [2.24, 2.45) is 5.90 Å². The highest BCUT2D eigenvalue weighted by Gasteiger charge is 2.35. The topological polar surface area (TPSA) is 83.6 Å². The lowest BCUT2D eigenvalue weighted by atomic mass is 9.98. The molecule has 0 radical (unpaired) electrons. The number of ether oxygens (including phenoxy) is 1. The molecule has 8 heteroatoms. The number of halogens is 2. The molecule has 0 spiro atoms. The van der Waals surface area contributed by atoms with Gasteiger partial charge in [0.05, 0.1) is 17.5 Å². The van der Waals surface area contributed by atoms with E-state index in [0.29, 0.717) is 18.5 Å². The van der Waals surface area contributed by atoms with E-state index < -0.39 is 23.0 Å². The van der Waals surface area contributed by atoms with Crippen LogP contribution in [-0.2, 0) is 17.7 Å². The SMILES string of the molecule is CCCOc1c(F)c(F)c(CC)c2c(=O)c(C(=O)ON)c(CC)n(C3CC3)c12. The van der Waals surface area contributed by atoms with E-state index in [-0.39, 0.29) is 46.8 Å². The van der Waals surface area contributed by atoms with Gasteiger partial charge >= 0.3 is 5.97 Å². The van der Waals surface area contributed by atoms with Gasteiger partial charge < -0.3 is 14.1 Å². The zero-order chi connectivity index (χ0) is 20.6. The number of fused-ring (bicyclic) bond motifs is 1. The zero-order valence-corrected chi connectivity index (χ0v) is 16.2. The van der Waals surface area contributed by atoms with Crippen molar-refractivity contribution in [2.75, 3.05) is 6.61 Å². The standard InChI is InChI=1S/C20H24F2N2O4/c1-4-9-27-19-16(22)15(21)11(5-2)13-17(19)24(10-7-8-10)12(6-3)14(18(13)25)20(26)28-23/h10H,4-9,23H2,1-3H3. The van der Waals surface area contributed by atoms with Gasteiger partial charge in [0.2, 0.25) is 11.2 Å². The number of carbonyl (C=O) groups is 1. The molecular weight excluding hydrogens is 370 g/mol. The number of benzene rings is 1. The monoisotopic (exact) mass is 394 g/mol. The number of aryl methyl sites for hydroxylation is 1. The maximum Gasteiger partial charge on any atom is 0.362 e. The summed E-state index contributed by atoms with van der Waals surface area (Å²) in [5, 5.41) is -0.0444. The molecule has 0 bridgehead atoms. The lowest BCUT2D eigenvalue weighted by Crippen LogP contribution is -2.28. The third-order valence-corrected chi connectivity index (χ3v) is 5.05. The highest BCUT2D eigenvalue weighted by molar-refractivity contribution is 5.98. The number of pyridine rings is 1. The van der Waals surface area contributed by atoms with Crippen LogP contribution in [0.25, 0.3) is 10.9 Å². The van der Waals surface area contributed by atoms with Gasteiger partial charge in [-0.15, -0.1) is 0 Å². The van der Waals surface area contributed by atoms with Crippen LogP contribution in [0.4, 0.5) is 8.78 Å². The molecule has 6 nitrogen and oxygen atoms in total. The molecule has 152 valence electrons. The Morgan fingerprint density at radius 2 is 1.86 bits per heavy atom. The van der Waals surface area contributed by atoms with Crippen LogP contribution in [0.3, 0.4) is 0 Å². The molecule has 1 aromatic heterocycles. The second kappa shape index (κ2) is 7.87. The van der Waals surface area contributed by atoms with Crippen LogP contribution in [0.1, 0.15) is 67.7 Å². The minimum atomic E-state index is -1.13. The molecule has 2 aromatic rings. The Bertz CT molecular complexity index is 997. The Balaban J connectivity index is 2.59. The van der Waals surface area contributed by atoms with Crippen molar-refractivity contribution in [3.8, 4) is 5.75 Å². The lowest BCUT2D eigenvalue weighted by Gasteiger charge is -2.23. The van der Waals surface area contributed by atoms with Gasteiger partial charge in [-0.1, -0.05) is 20.8 Å². The number of hydrogen-bond acceptors (Lipinski definition) is 5.